The van der Waals surface area contributed by atoms with Crippen molar-refractivity contribution in [2.75, 3.05) is 0 Å². The lowest BCUT2D eigenvalue weighted by Crippen LogP contribution is -2.04. The van der Waals surface area contributed by atoms with Crippen LogP contribution in [0.1, 0.15) is 31.2 Å². The van der Waals surface area contributed by atoms with Crippen molar-refractivity contribution >= 4 is 11.8 Å². The molecule has 15 heavy (non-hydrogen) atoms. The van der Waals surface area contributed by atoms with Crippen molar-refractivity contribution in [2.24, 2.45) is 0 Å². The van der Waals surface area contributed by atoms with Gasteiger partial charge < -0.3 is 5.11 Å². The molecule has 0 radical (unpaired) electrons. The Morgan fingerprint density at radius 1 is 1.33 bits per heavy atom. The number of hydrogen-bond acceptors (Lipinski definition) is 2. The van der Waals surface area contributed by atoms with E-state index in [9.17, 15) is 9.50 Å². The van der Waals surface area contributed by atoms with Crippen LogP contribution in [0.2, 0.25) is 0 Å². The quantitative estimate of drug-likeness (QED) is 0.851. The summed E-state index contributed by atoms with van der Waals surface area (Å²) in [6.07, 6.45) is 3.94. The summed E-state index contributed by atoms with van der Waals surface area (Å²) in [5.74, 6) is -0.176. The van der Waals surface area contributed by atoms with Crippen molar-refractivity contribution in [3.63, 3.8) is 0 Å². The predicted molar refractivity (Wildman–Crippen MR) is 58.4 cm³/mol. The van der Waals surface area contributed by atoms with Gasteiger partial charge in [-0.05, 0) is 43.4 Å². The highest BCUT2D eigenvalue weighted by Crippen LogP contribution is 2.47. The van der Waals surface area contributed by atoms with Crippen molar-refractivity contribution in [3.8, 4) is 0 Å². The van der Waals surface area contributed by atoms with Crippen LogP contribution in [0, 0.1) is 5.82 Å². The predicted octanol–water partition coefficient (Wildman–Crippen LogP) is 3.06. The molecule has 0 amide bonds. The fraction of sp³-hybridized carbons (Fsp3) is 0.500. The van der Waals surface area contributed by atoms with Crippen LogP contribution in [0.5, 0.6) is 0 Å². The molecular weight excluding hydrogens is 211 g/mol. The van der Waals surface area contributed by atoms with E-state index >= 15 is 0 Å². The van der Waals surface area contributed by atoms with Crippen molar-refractivity contribution in [1.82, 2.24) is 0 Å². The minimum Gasteiger partial charge on any atom is -0.385 e. The zero-order valence-corrected chi connectivity index (χ0v) is 9.19. The van der Waals surface area contributed by atoms with Gasteiger partial charge in [-0.15, -0.1) is 11.8 Å². The molecule has 1 nitrogen and oxygen atoms in total. The summed E-state index contributed by atoms with van der Waals surface area (Å²) in [5.41, 5.74) is 0.0176. The molecule has 0 saturated heterocycles. The monoisotopic (exact) mass is 224 g/mol. The number of hydrogen-bond donors (Lipinski definition) is 1. The van der Waals surface area contributed by atoms with Gasteiger partial charge in [-0.3, -0.25) is 0 Å². The summed E-state index contributed by atoms with van der Waals surface area (Å²) in [7, 11) is 0. The largest absolute Gasteiger partial charge is 0.385 e. The van der Waals surface area contributed by atoms with Crippen molar-refractivity contribution in [3.05, 3.63) is 29.6 Å². The maximum absolute atomic E-state index is 13.7. The molecule has 0 aliphatic heterocycles. The molecule has 2 saturated carbocycles. The molecule has 0 heterocycles. The Balaban J connectivity index is 1.85. The number of aliphatic hydroxyl groups is 1. The lowest BCUT2D eigenvalue weighted by atomic mass is 10.1. The SMILES string of the molecule is OC1(c2ccc(SC3CC3)c(F)c2)CC1. The third kappa shape index (κ3) is 1.91. The van der Waals surface area contributed by atoms with Gasteiger partial charge in [-0.2, -0.15) is 0 Å². The third-order valence-corrected chi connectivity index (χ3v) is 4.40. The average molecular weight is 224 g/mol. The zero-order valence-electron chi connectivity index (χ0n) is 8.37. The maximum Gasteiger partial charge on any atom is 0.137 e. The lowest BCUT2D eigenvalue weighted by molar-refractivity contribution is 0.151. The number of rotatable bonds is 3. The van der Waals surface area contributed by atoms with Gasteiger partial charge in [0.05, 0.1) is 5.60 Å². The first-order valence-electron chi connectivity index (χ1n) is 5.36. The van der Waals surface area contributed by atoms with Gasteiger partial charge in [0.25, 0.3) is 0 Å². The molecule has 3 rings (SSSR count). The van der Waals surface area contributed by atoms with Crippen LogP contribution in [-0.2, 0) is 5.60 Å². The maximum atomic E-state index is 13.7. The van der Waals surface area contributed by atoms with E-state index in [4.69, 9.17) is 0 Å². The van der Waals surface area contributed by atoms with E-state index in [1.165, 1.54) is 18.9 Å². The summed E-state index contributed by atoms with van der Waals surface area (Å²) < 4.78 is 13.7. The Morgan fingerprint density at radius 2 is 2.07 bits per heavy atom. The van der Waals surface area contributed by atoms with Gasteiger partial charge in [0.15, 0.2) is 0 Å². The van der Waals surface area contributed by atoms with E-state index in [0.717, 1.165) is 23.3 Å². The number of thioether (sulfide) groups is 1. The molecule has 0 unspecified atom stereocenters. The molecule has 2 aliphatic carbocycles. The Bertz CT molecular complexity index is 397. The molecule has 0 spiro atoms. The first kappa shape index (κ1) is 9.67. The number of halogens is 1. The Kier molecular flexibility index (Phi) is 2.08. The molecule has 80 valence electrons. The minimum absolute atomic E-state index is 0.176. The van der Waals surface area contributed by atoms with Crippen LogP contribution in [0.25, 0.3) is 0 Å². The molecule has 0 bridgehead atoms. The van der Waals surface area contributed by atoms with Crippen LogP contribution in [0.4, 0.5) is 4.39 Å². The van der Waals surface area contributed by atoms with E-state index < -0.39 is 5.60 Å². The van der Waals surface area contributed by atoms with Gasteiger partial charge in [0.2, 0.25) is 0 Å². The van der Waals surface area contributed by atoms with E-state index in [-0.39, 0.29) is 5.82 Å². The average Bonchev–Trinajstić information content (AvgIpc) is 3.08. The molecule has 1 aromatic rings. The smallest absolute Gasteiger partial charge is 0.137 e. The second-order valence-electron chi connectivity index (χ2n) is 4.49. The third-order valence-electron chi connectivity index (χ3n) is 3.01. The minimum atomic E-state index is -0.719. The normalized spacial score (nSPS) is 22.8. The van der Waals surface area contributed by atoms with Crippen LogP contribution in [0.15, 0.2) is 23.1 Å². The molecular formula is C12H13FOS. The lowest BCUT2D eigenvalue weighted by Gasteiger charge is -2.09. The topological polar surface area (TPSA) is 20.2 Å². The van der Waals surface area contributed by atoms with Gasteiger partial charge in [-0.25, -0.2) is 4.39 Å². The molecule has 1 aromatic carbocycles. The Morgan fingerprint density at radius 3 is 2.60 bits per heavy atom. The molecule has 3 heteroatoms. The summed E-state index contributed by atoms with van der Waals surface area (Å²) in [4.78, 5) is 0.727. The van der Waals surface area contributed by atoms with Crippen molar-refractivity contribution in [1.29, 1.82) is 0 Å². The number of benzene rings is 1. The van der Waals surface area contributed by atoms with Crippen LogP contribution in [0.3, 0.4) is 0 Å². The summed E-state index contributed by atoms with van der Waals surface area (Å²) in [6, 6.07) is 5.17. The highest BCUT2D eigenvalue weighted by Gasteiger charge is 2.42. The fourth-order valence-electron chi connectivity index (χ4n) is 1.66. The summed E-state index contributed by atoms with van der Waals surface area (Å²) >= 11 is 1.62. The Labute approximate surface area is 92.7 Å². The van der Waals surface area contributed by atoms with Gasteiger partial charge >= 0.3 is 0 Å². The van der Waals surface area contributed by atoms with Crippen LogP contribution in [-0.4, -0.2) is 10.4 Å². The van der Waals surface area contributed by atoms with E-state index in [1.807, 2.05) is 12.1 Å². The standard InChI is InChI=1S/C12H13FOS/c13-10-7-8(12(14)5-6-12)1-4-11(10)15-9-2-3-9/h1,4,7,9,14H,2-3,5-6H2. The van der Waals surface area contributed by atoms with E-state index in [0.29, 0.717) is 5.25 Å². The van der Waals surface area contributed by atoms with Crippen LogP contribution < -0.4 is 0 Å². The molecule has 0 aromatic heterocycles. The second kappa shape index (κ2) is 3.22. The molecule has 1 N–H and O–H groups in total. The van der Waals surface area contributed by atoms with E-state index in [1.54, 1.807) is 11.8 Å². The van der Waals surface area contributed by atoms with Gasteiger partial charge in [-0.1, -0.05) is 6.07 Å². The summed E-state index contributed by atoms with van der Waals surface area (Å²) in [5, 5.41) is 10.5. The molecule has 0 atom stereocenters. The second-order valence-corrected chi connectivity index (χ2v) is 5.84. The first-order valence-corrected chi connectivity index (χ1v) is 6.24. The highest BCUT2D eigenvalue weighted by atomic mass is 32.2. The van der Waals surface area contributed by atoms with Gasteiger partial charge in [0.1, 0.15) is 5.82 Å². The molecule has 2 fully saturated rings. The zero-order chi connectivity index (χ0) is 10.5. The Hall–Kier alpha value is -0.540. The van der Waals surface area contributed by atoms with Crippen molar-refractivity contribution in [2.45, 2.75) is 41.4 Å². The highest BCUT2D eigenvalue weighted by molar-refractivity contribution is 8.00. The fourth-order valence-corrected chi connectivity index (χ4v) is 2.71. The van der Waals surface area contributed by atoms with Gasteiger partial charge in [0, 0.05) is 10.1 Å². The van der Waals surface area contributed by atoms with Crippen LogP contribution >= 0.6 is 11.8 Å². The van der Waals surface area contributed by atoms with Crippen molar-refractivity contribution < 1.29 is 9.50 Å². The van der Waals surface area contributed by atoms with E-state index in [2.05, 4.69) is 0 Å². The molecule has 2 aliphatic rings. The first-order chi connectivity index (χ1) is 7.17. The summed E-state index contributed by atoms with van der Waals surface area (Å²) in [6.45, 7) is 0.